The summed E-state index contributed by atoms with van der Waals surface area (Å²) >= 11 is 0. The lowest BCUT2D eigenvalue weighted by Crippen LogP contribution is -2.30. The number of pyridine rings is 1. The van der Waals surface area contributed by atoms with Crippen LogP contribution in [0, 0.1) is 6.92 Å². The molecule has 0 aliphatic heterocycles. The topological polar surface area (TPSA) is 59.1 Å². The lowest BCUT2D eigenvalue weighted by Gasteiger charge is -2.16. The third kappa shape index (κ3) is 4.74. The standard InChI is InChI=1S/C13H22N2O2S/c1-4-6-9-18(16,17)15-12(5-2)13-10-11(3)7-8-14-13/h7-8,10,12,15H,4-6,9H2,1-3H3/t12-/m0/s1. The monoisotopic (exact) mass is 270 g/mol. The van der Waals surface area contributed by atoms with Gasteiger partial charge in [0.25, 0.3) is 0 Å². The Morgan fingerprint density at radius 3 is 2.67 bits per heavy atom. The van der Waals surface area contributed by atoms with Crippen molar-refractivity contribution in [1.29, 1.82) is 0 Å². The molecule has 1 heterocycles. The van der Waals surface area contributed by atoms with Crippen LogP contribution in [-0.2, 0) is 10.0 Å². The molecular weight excluding hydrogens is 248 g/mol. The first-order valence-corrected chi connectivity index (χ1v) is 8.06. The number of hydrogen-bond acceptors (Lipinski definition) is 3. The van der Waals surface area contributed by atoms with E-state index in [4.69, 9.17) is 0 Å². The molecule has 1 aromatic rings. The van der Waals surface area contributed by atoms with Crippen LogP contribution in [0.4, 0.5) is 0 Å². The highest BCUT2D eigenvalue weighted by molar-refractivity contribution is 7.89. The molecule has 0 aromatic carbocycles. The number of hydrogen-bond donors (Lipinski definition) is 1. The van der Waals surface area contributed by atoms with Crippen LogP contribution in [-0.4, -0.2) is 19.2 Å². The maximum absolute atomic E-state index is 11.9. The number of nitrogens with zero attached hydrogens (tertiary/aromatic N) is 1. The molecule has 0 saturated carbocycles. The van der Waals surface area contributed by atoms with E-state index in [0.29, 0.717) is 12.8 Å². The minimum absolute atomic E-state index is 0.186. The molecule has 0 amide bonds. The second-order valence-electron chi connectivity index (χ2n) is 4.51. The van der Waals surface area contributed by atoms with E-state index in [1.165, 1.54) is 0 Å². The van der Waals surface area contributed by atoms with Crippen molar-refractivity contribution in [3.63, 3.8) is 0 Å². The fourth-order valence-corrected chi connectivity index (χ4v) is 3.22. The quantitative estimate of drug-likeness (QED) is 0.828. The molecule has 0 saturated heterocycles. The Balaban J connectivity index is 2.79. The van der Waals surface area contributed by atoms with Crippen molar-refractivity contribution in [2.24, 2.45) is 0 Å². The number of aryl methyl sites for hydroxylation is 1. The Morgan fingerprint density at radius 2 is 2.11 bits per heavy atom. The van der Waals surface area contributed by atoms with Gasteiger partial charge in [0.1, 0.15) is 0 Å². The van der Waals surface area contributed by atoms with E-state index in [9.17, 15) is 8.42 Å². The molecule has 4 nitrogen and oxygen atoms in total. The SMILES string of the molecule is CCCCS(=O)(=O)N[C@@H](CC)c1cc(C)ccn1. The normalized spacial score (nSPS) is 13.5. The van der Waals surface area contributed by atoms with Crippen LogP contribution in [0.3, 0.4) is 0 Å². The van der Waals surface area contributed by atoms with Gasteiger partial charge in [-0.1, -0.05) is 20.3 Å². The van der Waals surface area contributed by atoms with Gasteiger partial charge in [-0.05, 0) is 37.5 Å². The molecule has 0 bridgehead atoms. The van der Waals surface area contributed by atoms with Crippen LogP contribution >= 0.6 is 0 Å². The fourth-order valence-electron chi connectivity index (χ4n) is 1.71. The molecule has 1 atom stereocenters. The number of rotatable bonds is 7. The van der Waals surface area contributed by atoms with Crippen molar-refractivity contribution >= 4 is 10.0 Å². The van der Waals surface area contributed by atoms with Crippen molar-refractivity contribution < 1.29 is 8.42 Å². The number of nitrogens with one attached hydrogen (secondary N) is 1. The lowest BCUT2D eigenvalue weighted by atomic mass is 10.1. The van der Waals surface area contributed by atoms with Gasteiger partial charge in [0.15, 0.2) is 0 Å². The van der Waals surface area contributed by atoms with E-state index in [2.05, 4.69) is 9.71 Å². The summed E-state index contributed by atoms with van der Waals surface area (Å²) in [5.41, 5.74) is 1.88. The molecule has 0 spiro atoms. The van der Waals surface area contributed by atoms with Crippen molar-refractivity contribution in [2.45, 2.75) is 46.1 Å². The van der Waals surface area contributed by atoms with E-state index in [-0.39, 0.29) is 11.8 Å². The van der Waals surface area contributed by atoms with Crippen molar-refractivity contribution in [2.75, 3.05) is 5.75 Å². The number of aromatic nitrogens is 1. The first kappa shape index (κ1) is 15.1. The maximum atomic E-state index is 11.9. The summed E-state index contributed by atoms with van der Waals surface area (Å²) in [6, 6.07) is 3.60. The molecule has 0 unspecified atom stereocenters. The molecular formula is C13H22N2O2S. The minimum Gasteiger partial charge on any atom is -0.260 e. The third-order valence-corrected chi connectivity index (χ3v) is 4.26. The molecule has 0 aliphatic rings. The third-order valence-electron chi connectivity index (χ3n) is 2.79. The predicted octanol–water partition coefficient (Wildman–Crippen LogP) is 2.56. The Kier molecular flexibility index (Phi) is 5.75. The average molecular weight is 270 g/mol. The Hall–Kier alpha value is -0.940. The second-order valence-corrected chi connectivity index (χ2v) is 6.38. The lowest BCUT2D eigenvalue weighted by molar-refractivity contribution is 0.542. The Morgan fingerprint density at radius 1 is 1.39 bits per heavy atom. The van der Waals surface area contributed by atoms with Crippen LogP contribution in [0.15, 0.2) is 18.3 Å². The van der Waals surface area contributed by atoms with Gasteiger partial charge in [0.2, 0.25) is 10.0 Å². The van der Waals surface area contributed by atoms with E-state index in [1.54, 1.807) is 6.20 Å². The minimum atomic E-state index is -3.21. The summed E-state index contributed by atoms with van der Waals surface area (Å²) in [6.07, 6.45) is 3.98. The zero-order valence-electron chi connectivity index (χ0n) is 11.3. The highest BCUT2D eigenvalue weighted by atomic mass is 32.2. The molecule has 0 aliphatic carbocycles. The predicted molar refractivity (Wildman–Crippen MR) is 73.8 cm³/mol. The van der Waals surface area contributed by atoms with Gasteiger partial charge in [-0.15, -0.1) is 0 Å². The molecule has 102 valence electrons. The zero-order chi connectivity index (χ0) is 13.6. The summed E-state index contributed by atoms with van der Waals surface area (Å²) in [6.45, 7) is 5.91. The van der Waals surface area contributed by atoms with Crippen LogP contribution in [0.25, 0.3) is 0 Å². The van der Waals surface area contributed by atoms with E-state index in [1.807, 2.05) is 32.9 Å². The summed E-state index contributed by atoms with van der Waals surface area (Å²) < 4.78 is 26.5. The number of unbranched alkanes of at least 4 members (excludes halogenated alkanes) is 1. The van der Waals surface area contributed by atoms with Crippen molar-refractivity contribution in [1.82, 2.24) is 9.71 Å². The summed E-state index contributed by atoms with van der Waals surface area (Å²) in [4.78, 5) is 4.25. The summed E-state index contributed by atoms with van der Waals surface area (Å²) in [5, 5.41) is 0. The largest absolute Gasteiger partial charge is 0.260 e. The summed E-state index contributed by atoms with van der Waals surface area (Å²) in [5.74, 6) is 0.186. The van der Waals surface area contributed by atoms with Gasteiger partial charge < -0.3 is 0 Å². The van der Waals surface area contributed by atoms with Gasteiger partial charge in [-0.3, -0.25) is 4.98 Å². The molecule has 0 radical (unpaired) electrons. The van der Waals surface area contributed by atoms with Crippen LogP contribution in [0.1, 0.15) is 50.4 Å². The van der Waals surface area contributed by atoms with Gasteiger partial charge in [-0.25, -0.2) is 13.1 Å². The van der Waals surface area contributed by atoms with Crippen LogP contribution in [0.2, 0.25) is 0 Å². The van der Waals surface area contributed by atoms with E-state index < -0.39 is 10.0 Å². The molecule has 5 heteroatoms. The van der Waals surface area contributed by atoms with Crippen LogP contribution in [0.5, 0.6) is 0 Å². The Bertz CT molecular complexity index is 472. The van der Waals surface area contributed by atoms with Gasteiger partial charge >= 0.3 is 0 Å². The average Bonchev–Trinajstić information content (AvgIpc) is 2.33. The van der Waals surface area contributed by atoms with Crippen LogP contribution < -0.4 is 4.72 Å². The van der Waals surface area contributed by atoms with E-state index in [0.717, 1.165) is 17.7 Å². The van der Waals surface area contributed by atoms with Crippen molar-refractivity contribution in [3.05, 3.63) is 29.6 Å². The first-order valence-electron chi connectivity index (χ1n) is 6.41. The smallest absolute Gasteiger partial charge is 0.212 e. The zero-order valence-corrected chi connectivity index (χ0v) is 12.1. The maximum Gasteiger partial charge on any atom is 0.212 e. The first-order chi connectivity index (χ1) is 8.48. The summed E-state index contributed by atoms with van der Waals surface area (Å²) in [7, 11) is -3.21. The Labute approximate surface area is 110 Å². The highest BCUT2D eigenvalue weighted by Gasteiger charge is 2.18. The van der Waals surface area contributed by atoms with Crippen molar-refractivity contribution in [3.8, 4) is 0 Å². The molecule has 1 N–H and O–H groups in total. The van der Waals surface area contributed by atoms with Gasteiger partial charge in [0, 0.05) is 6.20 Å². The molecule has 1 rings (SSSR count). The number of sulfonamides is 1. The van der Waals surface area contributed by atoms with Gasteiger partial charge in [-0.2, -0.15) is 0 Å². The molecule has 0 fully saturated rings. The molecule has 1 aromatic heterocycles. The second kappa shape index (κ2) is 6.85. The fraction of sp³-hybridized carbons (Fsp3) is 0.615. The van der Waals surface area contributed by atoms with E-state index >= 15 is 0 Å². The van der Waals surface area contributed by atoms with Gasteiger partial charge in [0.05, 0.1) is 17.5 Å². The highest BCUT2D eigenvalue weighted by Crippen LogP contribution is 2.16. The molecule has 18 heavy (non-hydrogen) atoms.